The van der Waals surface area contributed by atoms with Crippen LogP contribution in [0.4, 0.5) is 0 Å². The minimum Gasteiger partial charge on any atom is -0.386 e. The quantitative estimate of drug-likeness (QED) is 0.318. The minimum absolute atomic E-state index is 0. The Morgan fingerprint density at radius 1 is 1.60 bits per heavy atom. The predicted octanol–water partition coefficient (Wildman–Crippen LogP) is 2.61. The molecular formula is C16H26ClIN4O2S. The molecule has 1 fully saturated rings. The smallest absolute Gasteiger partial charge is 0.217 e. The zero-order valence-electron chi connectivity index (χ0n) is 14.3. The number of rotatable bonds is 6. The van der Waals surface area contributed by atoms with Gasteiger partial charge in [0, 0.05) is 30.9 Å². The van der Waals surface area contributed by atoms with Gasteiger partial charge in [-0.1, -0.05) is 11.6 Å². The number of aliphatic imine (C=N–C) groups is 1. The van der Waals surface area contributed by atoms with Gasteiger partial charge in [-0.3, -0.25) is 9.79 Å². The van der Waals surface area contributed by atoms with Crippen molar-refractivity contribution < 1.29 is 9.90 Å². The highest BCUT2D eigenvalue weighted by Crippen LogP contribution is 2.27. The molecule has 0 aromatic carbocycles. The summed E-state index contributed by atoms with van der Waals surface area (Å²) in [6.07, 6.45) is 1.76. The van der Waals surface area contributed by atoms with Crippen molar-refractivity contribution in [1.29, 1.82) is 0 Å². The highest BCUT2D eigenvalue weighted by atomic mass is 127. The van der Waals surface area contributed by atoms with Gasteiger partial charge in [0.2, 0.25) is 5.91 Å². The molecule has 0 spiro atoms. The highest BCUT2D eigenvalue weighted by Gasteiger charge is 2.23. The van der Waals surface area contributed by atoms with E-state index in [-0.39, 0.29) is 42.3 Å². The van der Waals surface area contributed by atoms with Gasteiger partial charge in [-0.25, -0.2) is 0 Å². The summed E-state index contributed by atoms with van der Waals surface area (Å²) in [4.78, 5) is 18.7. The number of carbonyl (C=O) groups excluding carboxylic acids is 1. The number of likely N-dealkylation sites (tertiary alicyclic amines) is 1. The van der Waals surface area contributed by atoms with E-state index in [1.165, 1.54) is 11.3 Å². The summed E-state index contributed by atoms with van der Waals surface area (Å²) in [7, 11) is 0. The first-order valence-electron chi connectivity index (χ1n) is 8.24. The molecule has 1 aliphatic heterocycles. The van der Waals surface area contributed by atoms with Crippen molar-refractivity contribution in [2.75, 3.05) is 26.2 Å². The molecule has 9 heteroatoms. The van der Waals surface area contributed by atoms with Crippen molar-refractivity contribution >= 4 is 58.8 Å². The number of carbonyl (C=O) groups is 1. The predicted molar refractivity (Wildman–Crippen MR) is 114 cm³/mol. The number of hydrogen-bond acceptors (Lipinski definition) is 4. The van der Waals surface area contributed by atoms with Crippen LogP contribution in [0.1, 0.15) is 37.2 Å². The van der Waals surface area contributed by atoms with Gasteiger partial charge >= 0.3 is 0 Å². The molecule has 1 aromatic heterocycles. The van der Waals surface area contributed by atoms with E-state index in [2.05, 4.69) is 15.2 Å². The molecule has 142 valence electrons. The van der Waals surface area contributed by atoms with E-state index in [4.69, 9.17) is 17.3 Å². The summed E-state index contributed by atoms with van der Waals surface area (Å²) >= 11 is 7.27. The molecule has 1 saturated heterocycles. The summed E-state index contributed by atoms with van der Waals surface area (Å²) in [6, 6.07) is 3.60. The number of primary amides is 1. The molecule has 1 amide bonds. The first kappa shape index (κ1) is 22.5. The number of piperidine rings is 1. The summed E-state index contributed by atoms with van der Waals surface area (Å²) in [5.74, 6) is 0.781. The van der Waals surface area contributed by atoms with Crippen LogP contribution < -0.4 is 11.1 Å². The molecule has 6 nitrogen and oxygen atoms in total. The second kappa shape index (κ2) is 11.2. The number of nitrogens with two attached hydrogens (primary N) is 1. The van der Waals surface area contributed by atoms with Crippen molar-refractivity contribution in [3.63, 3.8) is 0 Å². The lowest BCUT2D eigenvalue weighted by Crippen LogP contribution is -2.47. The molecule has 2 atom stereocenters. The second-order valence-corrected chi connectivity index (χ2v) is 7.72. The third kappa shape index (κ3) is 7.28. The number of aliphatic hydroxyl groups excluding tert-OH is 1. The van der Waals surface area contributed by atoms with Crippen LogP contribution in [0.3, 0.4) is 0 Å². The number of nitrogens with one attached hydrogen (secondary N) is 1. The fourth-order valence-electron chi connectivity index (χ4n) is 2.90. The van der Waals surface area contributed by atoms with Crippen LogP contribution in [-0.2, 0) is 4.79 Å². The van der Waals surface area contributed by atoms with Gasteiger partial charge in [0.05, 0.1) is 10.9 Å². The van der Waals surface area contributed by atoms with Gasteiger partial charge in [-0.2, -0.15) is 0 Å². The van der Waals surface area contributed by atoms with Gasteiger partial charge in [0.15, 0.2) is 5.96 Å². The normalized spacial score (nSPS) is 19.2. The molecule has 2 unspecified atom stereocenters. The Balaban J connectivity index is 0.00000312. The highest BCUT2D eigenvalue weighted by molar-refractivity contribution is 14.0. The van der Waals surface area contributed by atoms with Crippen LogP contribution in [0.15, 0.2) is 17.1 Å². The molecule has 0 saturated carbocycles. The van der Waals surface area contributed by atoms with Crippen LogP contribution in [0.5, 0.6) is 0 Å². The van der Waals surface area contributed by atoms with Gasteiger partial charge < -0.3 is 21.1 Å². The van der Waals surface area contributed by atoms with Crippen molar-refractivity contribution in [3.05, 3.63) is 21.3 Å². The number of guanidine groups is 1. The number of aliphatic hydroxyl groups is 1. The van der Waals surface area contributed by atoms with Crippen LogP contribution in [0.25, 0.3) is 0 Å². The largest absolute Gasteiger partial charge is 0.386 e. The number of amides is 1. The maximum Gasteiger partial charge on any atom is 0.217 e. The summed E-state index contributed by atoms with van der Waals surface area (Å²) in [6.45, 7) is 4.68. The number of halogens is 2. The van der Waals surface area contributed by atoms with E-state index in [0.717, 1.165) is 43.3 Å². The van der Waals surface area contributed by atoms with Crippen molar-refractivity contribution in [2.45, 2.75) is 32.3 Å². The molecule has 25 heavy (non-hydrogen) atoms. The Morgan fingerprint density at radius 2 is 2.36 bits per heavy atom. The lowest BCUT2D eigenvalue weighted by molar-refractivity contribution is -0.119. The van der Waals surface area contributed by atoms with Crippen LogP contribution >= 0.6 is 46.9 Å². The topological polar surface area (TPSA) is 91.0 Å². The summed E-state index contributed by atoms with van der Waals surface area (Å²) in [5.41, 5.74) is 5.32. The Hall–Kier alpha value is -0.580. The zero-order chi connectivity index (χ0) is 17.5. The summed E-state index contributed by atoms with van der Waals surface area (Å²) in [5, 5.41) is 13.5. The van der Waals surface area contributed by atoms with Crippen LogP contribution in [0, 0.1) is 5.92 Å². The van der Waals surface area contributed by atoms with E-state index in [9.17, 15) is 9.90 Å². The molecule has 0 radical (unpaired) electrons. The van der Waals surface area contributed by atoms with E-state index in [1.54, 1.807) is 6.07 Å². The lowest BCUT2D eigenvalue weighted by Gasteiger charge is -2.34. The standard InChI is InChI=1S/C16H25ClN4O2S.HI/c1-2-19-16(20-9-12(22)13-5-6-14(17)24-13)21-7-3-4-11(10-21)8-15(18)23;/h5-6,11-12,22H,2-4,7-10H2,1H3,(H2,18,23)(H,19,20);1H. The number of nitrogens with zero attached hydrogens (tertiary/aromatic N) is 2. The fraction of sp³-hybridized carbons (Fsp3) is 0.625. The van der Waals surface area contributed by atoms with E-state index >= 15 is 0 Å². The monoisotopic (exact) mass is 500 g/mol. The van der Waals surface area contributed by atoms with Crippen LogP contribution in [0.2, 0.25) is 4.34 Å². The Bertz CT molecular complexity index is 584. The fourth-order valence-corrected chi connectivity index (χ4v) is 3.94. The average molecular weight is 501 g/mol. The maximum absolute atomic E-state index is 11.2. The SMILES string of the molecule is CCNC(=NCC(O)c1ccc(Cl)s1)N1CCCC(CC(N)=O)C1.I. The van der Waals surface area contributed by atoms with E-state index in [0.29, 0.717) is 10.8 Å². The van der Waals surface area contributed by atoms with Gasteiger partial charge in [-0.05, 0) is 37.8 Å². The first-order chi connectivity index (χ1) is 11.5. The lowest BCUT2D eigenvalue weighted by atomic mass is 9.95. The van der Waals surface area contributed by atoms with Gasteiger partial charge in [-0.15, -0.1) is 35.3 Å². The van der Waals surface area contributed by atoms with Crippen molar-refractivity contribution in [3.8, 4) is 0 Å². The summed E-state index contributed by atoms with van der Waals surface area (Å²) < 4.78 is 0.658. The Labute approximate surface area is 174 Å². The zero-order valence-corrected chi connectivity index (χ0v) is 18.2. The molecule has 1 aliphatic rings. The first-order valence-corrected chi connectivity index (χ1v) is 9.44. The Morgan fingerprint density at radius 3 is 2.96 bits per heavy atom. The molecule has 2 rings (SSSR count). The number of hydrogen-bond donors (Lipinski definition) is 3. The van der Waals surface area contributed by atoms with Gasteiger partial charge in [0.25, 0.3) is 0 Å². The molecule has 0 bridgehead atoms. The third-order valence-electron chi connectivity index (χ3n) is 3.98. The third-order valence-corrected chi connectivity index (χ3v) is 5.31. The molecule has 1 aromatic rings. The second-order valence-electron chi connectivity index (χ2n) is 5.98. The number of thiophene rings is 1. The average Bonchev–Trinajstić information content (AvgIpc) is 2.97. The van der Waals surface area contributed by atoms with Gasteiger partial charge in [0.1, 0.15) is 6.10 Å². The molecule has 0 aliphatic carbocycles. The minimum atomic E-state index is -0.664. The van der Waals surface area contributed by atoms with E-state index < -0.39 is 6.10 Å². The molecular weight excluding hydrogens is 475 g/mol. The van der Waals surface area contributed by atoms with Crippen LogP contribution in [-0.4, -0.2) is 48.1 Å². The Kier molecular flexibility index (Phi) is 10.1. The molecule has 2 heterocycles. The van der Waals surface area contributed by atoms with Crippen molar-refractivity contribution in [1.82, 2.24) is 10.2 Å². The molecule has 4 N–H and O–H groups in total. The van der Waals surface area contributed by atoms with E-state index in [1.807, 2.05) is 13.0 Å². The van der Waals surface area contributed by atoms with Crippen molar-refractivity contribution in [2.24, 2.45) is 16.6 Å². The maximum atomic E-state index is 11.2.